The standard InChI is InChI=1S/C17H20ClNS/c1-12(2)19-11-14-4-9-17(13(3)10-14)20-16-7-5-15(18)6-8-16/h4-10,12,19H,11H2,1-3H3. The molecule has 1 N–H and O–H groups in total. The van der Waals surface area contributed by atoms with Crippen LogP contribution in [0.25, 0.3) is 0 Å². The summed E-state index contributed by atoms with van der Waals surface area (Å²) in [5, 5.41) is 4.22. The highest BCUT2D eigenvalue weighted by molar-refractivity contribution is 7.99. The van der Waals surface area contributed by atoms with E-state index < -0.39 is 0 Å². The van der Waals surface area contributed by atoms with Crippen LogP contribution >= 0.6 is 23.4 Å². The molecule has 0 amide bonds. The lowest BCUT2D eigenvalue weighted by molar-refractivity contribution is 0.588. The molecule has 0 heterocycles. The average Bonchev–Trinajstić information content (AvgIpc) is 2.41. The number of halogens is 1. The van der Waals surface area contributed by atoms with Gasteiger partial charge in [0.15, 0.2) is 0 Å². The van der Waals surface area contributed by atoms with Crippen molar-refractivity contribution in [2.24, 2.45) is 0 Å². The number of hydrogen-bond acceptors (Lipinski definition) is 2. The largest absolute Gasteiger partial charge is 0.310 e. The van der Waals surface area contributed by atoms with Crippen molar-refractivity contribution in [3.05, 3.63) is 58.6 Å². The van der Waals surface area contributed by atoms with E-state index in [1.807, 2.05) is 12.1 Å². The van der Waals surface area contributed by atoms with E-state index in [9.17, 15) is 0 Å². The van der Waals surface area contributed by atoms with Gasteiger partial charge in [-0.3, -0.25) is 0 Å². The molecule has 0 aromatic heterocycles. The van der Waals surface area contributed by atoms with Crippen LogP contribution in [0.15, 0.2) is 52.3 Å². The second kappa shape index (κ2) is 7.16. The van der Waals surface area contributed by atoms with Crippen LogP contribution in [-0.2, 0) is 6.54 Å². The van der Waals surface area contributed by atoms with Crippen LogP contribution in [0, 0.1) is 6.92 Å². The third-order valence-electron chi connectivity index (χ3n) is 3.00. The quantitative estimate of drug-likeness (QED) is 0.804. The van der Waals surface area contributed by atoms with Gasteiger partial charge < -0.3 is 5.32 Å². The first kappa shape index (κ1) is 15.4. The minimum absolute atomic E-state index is 0.512. The van der Waals surface area contributed by atoms with Crippen LogP contribution in [0.3, 0.4) is 0 Å². The van der Waals surface area contributed by atoms with E-state index in [0.29, 0.717) is 6.04 Å². The minimum atomic E-state index is 0.512. The highest BCUT2D eigenvalue weighted by Crippen LogP contribution is 2.31. The minimum Gasteiger partial charge on any atom is -0.310 e. The normalized spacial score (nSPS) is 11.1. The van der Waals surface area contributed by atoms with Crippen molar-refractivity contribution in [3.8, 4) is 0 Å². The third-order valence-corrected chi connectivity index (χ3v) is 4.43. The van der Waals surface area contributed by atoms with Crippen LogP contribution in [-0.4, -0.2) is 6.04 Å². The van der Waals surface area contributed by atoms with Crippen molar-refractivity contribution in [2.75, 3.05) is 0 Å². The molecule has 0 fully saturated rings. The maximum atomic E-state index is 5.91. The maximum Gasteiger partial charge on any atom is 0.0406 e. The SMILES string of the molecule is Cc1cc(CNC(C)C)ccc1Sc1ccc(Cl)cc1. The second-order valence-corrected chi connectivity index (χ2v) is 6.74. The molecule has 0 unspecified atom stereocenters. The first-order valence-corrected chi connectivity index (χ1v) is 8.00. The summed E-state index contributed by atoms with van der Waals surface area (Å²) < 4.78 is 0. The Hall–Kier alpha value is -0.960. The van der Waals surface area contributed by atoms with E-state index in [0.717, 1.165) is 11.6 Å². The summed E-state index contributed by atoms with van der Waals surface area (Å²) in [5.41, 5.74) is 2.64. The Morgan fingerprint density at radius 3 is 2.40 bits per heavy atom. The zero-order valence-corrected chi connectivity index (χ0v) is 13.7. The zero-order valence-electron chi connectivity index (χ0n) is 12.1. The van der Waals surface area contributed by atoms with Crippen LogP contribution < -0.4 is 5.32 Å². The Morgan fingerprint density at radius 1 is 1.10 bits per heavy atom. The van der Waals surface area contributed by atoms with Crippen LogP contribution in [0.5, 0.6) is 0 Å². The molecule has 0 saturated heterocycles. The van der Waals surface area contributed by atoms with Gasteiger partial charge in [0, 0.05) is 27.4 Å². The molecule has 0 atom stereocenters. The molecule has 0 aliphatic heterocycles. The van der Waals surface area contributed by atoms with Gasteiger partial charge in [-0.15, -0.1) is 0 Å². The summed E-state index contributed by atoms with van der Waals surface area (Å²) in [5.74, 6) is 0. The fraction of sp³-hybridized carbons (Fsp3) is 0.294. The monoisotopic (exact) mass is 305 g/mol. The lowest BCUT2D eigenvalue weighted by Crippen LogP contribution is -2.21. The molecule has 2 rings (SSSR count). The number of hydrogen-bond donors (Lipinski definition) is 1. The third kappa shape index (κ3) is 4.55. The molecule has 0 saturated carbocycles. The number of rotatable bonds is 5. The summed E-state index contributed by atoms with van der Waals surface area (Å²) in [6, 6.07) is 15.1. The van der Waals surface area contributed by atoms with Crippen molar-refractivity contribution in [1.82, 2.24) is 5.32 Å². The predicted molar refractivity (Wildman–Crippen MR) is 88.7 cm³/mol. The van der Waals surface area contributed by atoms with E-state index in [1.165, 1.54) is 20.9 Å². The summed E-state index contributed by atoms with van der Waals surface area (Å²) in [6.45, 7) is 7.41. The molecule has 2 aromatic carbocycles. The molecule has 106 valence electrons. The number of nitrogens with one attached hydrogen (secondary N) is 1. The summed E-state index contributed by atoms with van der Waals surface area (Å²) >= 11 is 7.69. The fourth-order valence-corrected chi connectivity index (χ4v) is 2.90. The average molecular weight is 306 g/mol. The zero-order chi connectivity index (χ0) is 14.5. The Kier molecular flexibility index (Phi) is 5.53. The van der Waals surface area contributed by atoms with Gasteiger partial charge >= 0.3 is 0 Å². The molecule has 3 heteroatoms. The molecule has 1 nitrogen and oxygen atoms in total. The molecule has 0 aliphatic carbocycles. The molecule has 0 aliphatic rings. The van der Waals surface area contributed by atoms with Gasteiger partial charge in [-0.05, 0) is 48.4 Å². The molecule has 0 radical (unpaired) electrons. The summed E-state index contributed by atoms with van der Waals surface area (Å²) in [6.07, 6.45) is 0. The van der Waals surface area contributed by atoms with Gasteiger partial charge in [0.2, 0.25) is 0 Å². The van der Waals surface area contributed by atoms with Gasteiger partial charge in [0.05, 0.1) is 0 Å². The fourth-order valence-electron chi connectivity index (χ4n) is 1.89. The lowest BCUT2D eigenvalue weighted by Gasteiger charge is -2.11. The highest BCUT2D eigenvalue weighted by Gasteiger charge is 2.03. The van der Waals surface area contributed by atoms with E-state index in [-0.39, 0.29) is 0 Å². The Labute approximate surface area is 130 Å². The molecule has 0 bridgehead atoms. The Morgan fingerprint density at radius 2 is 1.80 bits per heavy atom. The van der Waals surface area contributed by atoms with Crippen molar-refractivity contribution in [3.63, 3.8) is 0 Å². The maximum absolute atomic E-state index is 5.91. The van der Waals surface area contributed by atoms with Gasteiger partial charge in [0.25, 0.3) is 0 Å². The van der Waals surface area contributed by atoms with Crippen molar-refractivity contribution >= 4 is 23.4 Å². The van der Waals surface area contributed by atoms with Gasteiger partial charge in [-0.1, -0.05) is 49.3 Å². The van der Waals surface area contributed by atoms with Crippen molar-refractivity contribution in [2.45, 2.75) is 43.1 Å². The van der Waals surface area contributed by atoms with E-state index in [4.69, 9.17) is 11.6 Å². The first-order chi connectivity index (χ1) is 9.54. The first-order valence-electron chi connectivity index (χ1n) is 6.81. The lowest BCUT2D eigenvalue weighted by atomic mass is 10.1. The van der Waals surface area contributed by atoms with E-state index in [2.05, 4.69) is 56.4 Å². The van der Waals surface area contributed by atoms with Gasteiger partial charge in [-0.2, -0.15) is 0 Å². The number of aryl methyl sites for hydroxylation is 1. The van der Waals surface area contributed by atoms with Gasteiger partial charge in [0.1, 0.15) is 0 Å². The van der Waals surface area contributed by atoms with Crippen LogP contribution in [0.2, 0.25) is 5.02 Å². The van der Waals surface area contributed by atoms with E-state index >= 15 is 0 Å². The molecule has 0 spiro atoms. The predicted octanol–water partition coefficient (Wildman–Crippen LogP) is 5.30. The highest BCUT2D eigenvalue weighted by atomic mass is 35.5. The molecular weight excluding hydrogens is 286 g/mol. The smallest absolute Gasteiger partial charge is 0.0406 e. The van der Waals surface area contributed by atoms with Crippen LogP contribution in [0.4, 0.5) is 0 Å². The molecule has 2 aromatic rings. The van der Waals surface area contributed by atoms with Crippen molar-refractivity contribution in [1.29, 1.82) is 0 Å². The molecular formula is C17H20ClNS. The number of benzene rings is 2. The van der Waals surface area contributed by atoms with Crippen LogP contribution in [0.1, 0.15) is 25.0 Å². The summed E-state index contributed by atoms with van der Waals surface area (Å²) in [4.78, 5) is 2.51. The summed E-state index contributed by atoms with van der Waals surface area (Å²) in [7, 11) is 0. The Balaban J connectivity index is 2.07. The second-order valence-electron chi connectivity index (χ2n) is 5.19. The Bertz CT molecular complexity index is 564. The van der Waals surface area contributed by atoms with Gasteiger partial charge in [-0.25, -0.2) is 0 Å². The van der Waals surface area contributed by atoms with E-state index in [1.54, 1.807) is 11.8 Å². The topological polar surface area (TPSA) is 12.0 Å². The van der Waals surface area contributed by atoms with Crippen molar-refractivity contribution < 1.29 is 0 Å². The molecule has 20 heavy (non-hydrogen) atoms.